The average molecular weight is 624 g/mol. The number of nitrogens with zero attached hydrogens (tertiary/aromatic N) is 4. The standard InChI is InChI=1S/C30H46F2N6O4P/c1-8-10-17-34-27-26-25(36-28(33)37-27)16-15-24(35-26)20-22-11-13-23(14-12-22)21-38(6,29(3,4)5)18-19-41-30(31,32)43(39,40-7)42-9-2/h11-16H,8-10,17-21H2,1-7H3,(H3,33,34,36,37)/q+1. The van der Waals surface area contributed by atoms with E-state index in [2.05, 4.69) is 38.9 Å². The zero-order valence-corrected chi connectivity index (χ0v) is 27.2. The normalized spacial score (nSPS) is 15.3. The van der Waals surface area contributed by atoms with E-state index in [0.29, 0.717) is 34.3 Å². The van der Waals surface area contributed by atoms with Crippen molar-refractivity contribution >= 4 is 30.4 Å². The Balaban J connectivity index is 1.72. The van der Waals surface area contributed by atoms with Crippen molar-refractivity contribution in [3.8, 4) is 0 Å². The van der Waals surface area contributed by atoms with Crippen molar-refractivity contribution in [3.05, 3.63) is 53.2 Å². The van der Waals surface area contributed by atoms with E-state index >= 15 is 0 Å². The number of nitrogen functional groups attached to an aromatic ring is 1. The molecule has 0 aliphatic heterocycles. The third-order valence-corrected chi connectivity index (χ3v) is 9.56. The van der Waals surface area contributed by atoms with Crippen molar-refractivity contribution < 1.29 is 31.6 Å². The first-order valence-corrected chi connectivity index (χ1v) is 16.1. The van der Waals surface area contributed by atoms with Crippen LogP contribution < -0.4 is 11.1 Å². The second-order valence-corrected chi connectivity index (χ2v) is 13.9. The molecular formula is C30H46F2N6O4P+. The van der Waals surface area contributed by atoms with Gasteiger partial charge >= 0.3 is 13.4 Å². The Kier molecular flexibility index (Phi) is 11.6. The fourth-order valence-corrected chi connectivity index (χ4v) is 5.61. The lowest BCUT2D eigenvalue weighted by Crippen LogP contribution is -2.58. The molecule has 0 fully saturated rings. The van der Waals surface area contributed by atoms with Gasteiger partial charge < -0.3 is 29.3 Å². The molecule has 2 atom stereocenters. The summed E-state index contributed by atoms with van der Waals surface area (Å²) in [5.41, 5.74) is 9.98. The maximum atomic E-state index is 14.6. The molecule has 0 saturated carbocycles. The molecule has 3 rings (SSSR count). The number of nitrogens with one attached hydrogen (secondary N) is 1. The van der Waals surface area contributed by atoms with Crippen LogP contribution in [0.4, 0.5) is 20.5 Å². The van der Waals surface area contributed by atoms with Gasteiger partial charge in [0.25, 0.3) is 0 Å². The van der Waals surface area contributed by atoms with Gasteiger partial charge in [0, 0.05) is 31.3 Å². The Morgan fingerprint density at radius 2 is 1.70 bits per heavy atom. The van der Waals surface area contributed by atoms with Gasteiger partial charge in [-0.25, -0.2) is 9.97 Å². The van der Waals surface area contributed by atoms with Crippen molar-refractivity contribution in [2.75, 3.05) is 51.5 Å². The highest BCUT2D eigenvalue weighted by Crippen LogP contribution is 2.61. The highest BCUT2D eigenvalue weighted by molar-refractivity contribution is 7.54. The molecule has 10 nitrogen and oxygen atoms in total. The molecular weight excluding hydrogens is 577 g/mol. The Hall–Kier alpha value is -2.76. The number of anilines is 2. The van der Waals surface area contributed by atoms with E-state index < -0.39 is 13.4 Å². The van der Waals surface area contributed by atoms with Crippen LogP contribution in [0.5, 0.6) is 0 Å². The van der Waals surface area contributed by atoms with Crippen LogP contribution >= 0.6 is 7.60 Å². The van der Waals surface area contributed by atoms with Crippen molar-refractivity contribution in [1.82, 2.24) is 15.0 Å². The fraction of sp³-hybridized carbons (Fsp3) is 0.567. The maximum absolute atomic E-state index is 14.6. The van der Waals surface area contributed by atoms with Crippen molar-refractivity contribution in [1.29, 1.82) is 0 Å². The van der Waals surface area contributed by atoms with E-state index in [9.17, 15) is 13.3 Å². The summed E-state index contributed by atoms with van der Waals surface area (Å²) in [7, 11) is -1.82. The molecule has 3 aromatic rings. The smallest absolute Gasteiger partial charge is 0.368 e. The van der Waals surface area contributed by atoms with Gasteiger partial charge in [-0.3, -0.25) is 4.57 Å². The first-order chi connectivity index (χ1) is 20.2. The number of benzene rings is 1. The predicted octanol–water partition coefficient (Wildman–Crippen LogP) is 6.60. The van der Waals surface area contributed by atoms with Crippen LogP contribution in [0.3, 0.4) is 0 Å². The van der Waals surface area contributed by atoms with Gasteiger partial charge in [-0.15, -0.1) is 0 Å². The number of nitrogens with two attached hydrogens (primary N) is 1. The summed E-state index contributed by atoms with van der Waals surface area (Å²) in [6.45, 7) is 10.8. The number of hydrogen-bond donors (Lipinski definition) is 2. The Labute approximate surface area is 253 Å². The summed E-state index contributed by atoms with van der Waals surface area (Å²) in [5, 5.41) is 3.33. The summed E-state index contributed by atoms with van der Waals surface area (Å²) < 4.78 is 56.1. The number of unbranched alkanes of at least 4 members (excludes halogenated alkanes) is 1. The minimum absolute atomic E-state index is 0.187. The monoisotopic (exact) mass is 623 g/mol. The molecule has 3 N–H and O–H groups in total. The number of pyridine rings is 1. The molecule has 0 saturated heterocycles. The van der Waals surface area contributed by atoms with E-state index in [1.807, 2.05) is 52.1 Å². The summed E-state index contributed by atoms with van der Waals surface area (Å²) in [6.07, 6.45) is 2.68. The zero-order chi connectivity index (χ0) is 31.9. The molecule has 0 bridgehead atoms. The van der Waals surface area contributed by atoms with Crippen LogP contribution in [-0.4, -0.2) is 71.3 Å². The van der Waals surface area contributed by atoms with Gasteiger partial charge in [-0.2, -0.15) is 13.8 Å². The van der Waals surface area contributed by atoms with Crippen LogP contribution in [0.15, 0.2) is 36.4 Å². The number of hydrogen-bond acceptors (Lipinski definition) is 9. The van der Waals surface area contributed by atoms with Gasteiger partial charge in [-0.1, -0.05) is 37.6 Å². The SMILES string of the molecule is CCCCNc1nc(N)nc2ccc(Cc3ccc(C[N+](C)(CCOC(F)(F)P(=O)(OC)OCC)C(C)(C)C)cc3)nc12. The Morgan fingerprint density at radius 1 is 1.02 bits per heavy atom. The van der Waals surface area contributed by atoms with Gasteiger partial charge in [0.2, 0.25) is 5.95 Å². The lowest BCUT2D eigenvalue weighted by atomic mass is 9.99. The van der Waals surface area contributed by atoms with Crippen LogP contribution in [-0.2, 0) is 31.3 Å². The molecule has 238 valence electrons. The highest BCUT2D eigenvalue weighted by atomic mass is 31.2. The van der Waals surface area contributed by atoms with E-state index in [4.69, 9.17) is 20.0 Å². The summed E-state index contributed by atoms with van der Waals surface area (Å²) in [4.78, 5) is 13.5. The summed E-state index contributed by atoms with van der Waals surface area (Å²) >= 11 is 0. The van der Waals surface area contributed by atoms with Gasteiger partial charge in [0.05, 0.1) is 24.7 Å². The molecule has 0 spiro atoms. The molecule has 0 aliphatic carbocycles. The van der Waals surface area contributed by atoms with E-state index in [-0.39, 0.29) is 31.2 Å². The van der Waals surface area contributed by atoms with Crippen molar-refractivity contribution in [3.63, 3.8) is 0 Å². The molecule has 2 heterocycles. The van der Waals surface area contributed by atoms with E-state index in [0.717, 1.165) is 43.3 Å². The lowest BCUT2D eigenvalue weighted by Gasteiger charge is -2.46. The van der Waals surface area contributed by atoms with Crippen LogP contribution in [0.25, 0.3) is 11.0 Å². The first kappa shape index (κ1) is 34.7. The number of aromatic nitrogens is 3. The number of halogens is 2. The number of rotatable bonds is 16. The summed E-state index contributed by atoms with van der Waals surface area (Å²) in [6, 6.07) is 12.0. The number of fused-ring (bicyclic) bond motifs is 1. The number of alkyl halides is 2. The minimum atomic E-state index is -4.74. The predicted molar refractivity (Wildman–Crippen MR) is 166 cm³/mol. The fourth-order valence-electron chi connectivity index (χ4n) is 4.56. The van der Waals surface area contributed by atoms with E-state index in [1.54, 1.807) is 0 Å². The second kappa shape index (κ2) is 14.3. The van der Waals surface area contributed by atoms with Crippen LogP contribution in [0, 0.1) is 0 Å². The number of likely N-dealkylation sites (N-methyl/N-ethyl adjacent to an activating group) is 1. The topological polar surface area (TPSA) is 121 Å². The minimum Gasteiger partial charge on any atom is -0.368 e. The lowest BCUT2D eigenvalue weighted by molar-refractivity contribution is -0.966. The highest BCUT2D eigenvalue weighted by Gasteiger charge is 2.55. The molecule has 2 aromatic heterocycles. The molecule has 0 radical (unpaired) electrons. The Morgan fingerprint density at radius 3 is 2.30 bits per heavy atom. The molecule has 13 heteroatoms. The third kappa shape index (κ3) is 8.67. The molecule has 2 unspecified atom stereocenters. The molecule has 0 aliphatic rings. The maximum Gasteiger partial charge on any atom is 0.459 e. The first-order valence-electron chi connectivity index (χ1n) is 14.6. The van der Waals surface area contributed by atoms with Gasteiger partial charge in [0.15, 0.2) is 5.82 Å². The van der Waals surface area contributed by atoms with Gasteiger partial charge in [-0.05, 0) is 51.8 Å². The van der Waals surface area contributed by atoms with E-state index in [1.165, 1.54) is 6.92 Å². The van der Waals surface area contributed by atoms with Crippen LogP contribution in [0.1, 0.15) is 64.3 Å². The quantitative estimate of drug-likeness (QED) is 0.103. The number of quaternary nitrogens is 1. The third-order valence-electron chi connectivity index (χ3n) is 7.72. The second-order valence-electron chi connectivity index (χ2n) is 11.8. The largest absolute Gasteiger partial charge is 0.459 e. The van der Waals surface area contributed by atoms with Crippen LogP contribution in [0.2, 0.25) is 0 Å². The average Bonchev–Trinajstić information content (AvgIpc) is 2.93. The number of ether oxygens (including phenoxy) is 1. The molecule has 43 heavy (non-hydrogen) atoms. The van der Waals surface area contributed by atoms with Crippen molar-refractivity contribution in [2.24, 2.45) is 0 Å². The molecule has 1 aromatic carbocycles. The Bertz CT molecular complexity index is 1400. The van der Waals surface area contributed by atoms with Crippen molar-refractivity contribution in [2.45, 2.75) is 71.8 Å². The summed E-state index contributed by atoms with van der Waals surface area (Å²) in [5.74, 6) is -3.21. The zero-order valence-electron chi connectivity index (χ0n) is 26.3. The molecule has 0 amide bonds. The van der Waals surface area contributed by atoms with Gasteiger partial charge in [0.1, 0.15) is 25.2 Å².